The van der Waals surface area contributed by atoms with Gasteiger partial charge in [-0.15, -0.1) is 0 Å². The van der Waals surface area contributed by atoms with E-state index in [0.717, 1.165) is 35.0 Å². The van der Waals surface area contributed by atoms with Crippen LogP contribution in [-0.2, 0) is 17.9 Å². The first kappa shape index (κ1) is 22.8. The maximum atomic E-state index is 13.6. The van der Waals surface area contributed by atoms with Gasteiger partial charge in [-0.2, -0.15) is 0 Å². The first-order valence-corrected chi connectivity index (χ1v) is 11.9. The van der Waals surface area contributed by atoms with E-state index in [1.807, 2.05) is 59.5 Å². The fourth-order valence-corrected chi connectivity index (χ4v) is 4.63. The van der Waals surface area contributed by atoms with E-state index in [4.69, 9.17) is 4.98 Å². The Morgan fingerprint density at radius 3 is 2.51 bits per heavy atom. The van der Waals surface area contributed by atoms with Crippen molar-refractivity contribution in [3.05, 3.63) is 106 Å². The van der Waals surface area contributed by atoms with Crippen LogP contribution in [-0.4, -0.2) is 28.5 Å². The Kier molecular flexibility index (Phi) is 6.57. The summed E-state index contributed by atoms with van der Waals surface area (Å²) in [5.41, 5.74) is 3.26. The Hall–Kier alpha value is -4.00. The number of amides is 1. The molecule has 35 heavy (non-hydrogen) atoms. The lowest BCUT2D eigenvalue weighted by atomic mass is 9.97. The number of halogens is 1. The largest absolute Gasteiger partial charge is 0.352 e. The molecular weight excluding hydrogens is 443 g/mol. The average molecular weight is 471 g/mol. The van der Waals surface area contributed by atoms with Gasteiger partial charge in [0.1, 0.15) is 5.82 Å². The minimum Gasteiger partial charge on any atom is -0.352 e. The summed E-state index contributed by atoms with van der Waals surface area (Å²) in [7, 11) is 0. The standard InChI is InChI=1S/C28H27FN4O2/c29-23-14-12-20(13-15-23)17-30-27(34)22-9-6-16-32(19-22)26-28(35)33(18-21-7-2-1-3-8-21)25-11-5-4-10-24(25)31-26/h1-5,7-8,10-15,22H,6,9,16-19H2,(H,30,34)/t22-/m1/s1. The molecule has 0 bridgehead atoms. The number of carbonyl (C=O) groups excluding carboxylic acids is 1. The maximum Gasteiger partial charge on any atom is 0.294 e. The number of nitrogens with one attached hydrogen (secondary N) is 1. The molecule has 3 aromatic carbocycles. The van der Waals surface area contributed by atoms with Gasteiger partial charge in [-0.3, -0.25) is 14.2 Å². The fourth-order valence-electron chi connectivity index (χ4n) is 4.63. The molecule has 0 aliphatic carbocycles. The van der Waals surface area contributed by atoms with Gasteiger partial charge in [-0.25, -0.2) is 9.37 Å². The second-order valence-corrected chi connectivity index (χ2v) is 8.93. The van der Waals surface area contributed by atoms with Crippen LogP contribution in [0.25, 0.3) is 11.0 Å². The van der Waals surface area contributed by atoms with Gasteiger partial charge in [-0.1, -0.05) is 54.6 Å². The number of nitrogens with zero attached hydrogens (tertiary/aromatic N) is 3. The Morgan fingerprint density at radius 2 is 1.71 bits per heavy atom. The van der Waals surface area contributed by atoms with E-state index < -0.39 is 0 Å². The van der Waals surface area contributed by atoms with Crippen LogP contribution in [0, 0.1) is 11.7 Å². The van der Waals surface area contributed by atoms with Crippen LogP contribution >= 0.6 is 0 Å². The summed E-state index contributed by atoms with van der Waals surface area (Å²) in [6.07, 6.45) is 1.54. The van der Waals surface area contributed by atoms with Gasteiger partial charge in [0.05, 0.1) is 23.5 Å². The summed E-state index contributed by atoms with van der Waals surface area (Å²) < 4.78 is 14.9. The fraction of sp³-hybridized carbons (Fsp3) is 0.250. The molecule has 6 nitrogen and oxygen atoms in total. The molecular formula is C28H27FN4O2. The molecule has 1 amide bonds. The molecule has 4 aromatic rings. The maximum absolute atomic E-state index is 13.6. The number of hydrogen-bond acceptors (Lipinski definition) is 4. The van der Waals surface area contributed by atoms with Crippen molar-refractivity contribution in [2.45, 2.75) is 25.9 Å². The second-order valence-electron chi connectivity index (χ2n) is 8.93. The van der Waals surface area contributed by atoms with Crippen LogP contribution in [0.4, 0.5) is 10.2 Å². The van der Waals surface area contributed by atoms with Crippen molar-refractivity contribution < 1.29 is 9.18 Å². The minimum atomic E-state index is -0.302. The number of hydrogen-bond donors (Lipinski definition) is 1. The van der Waals surface area contributed by atoms with Crippen LogP contribution in [0.2, 0.25) is 0 Å². The number of rotatable bonds is 6. The summed E-state index contributed by atoms with van der Waals surface area (Å²) in [5.74, 6) is -0.233. The van der Waals surface area contributed by atoms with Crippen molar-refractivity contribution in [1.29, 1.82) is 0 Å². The van der Waals surface area contributed by atoms with E-state index in [0.29, 0.717) is 32.0 Å². The first-order valence-electron chi connectivity index (χ1n) is 11.9. The van der Waals surface area contributed by atoms with Crippen LogP contribution in [0.1, 0.15) is 24.0 Å². The van der Waals surface area contributed by atoms with E-state index in [1.54, 1.807) is 16.7 Å². The molecule has 2 heterocycles. The van der Waals surface area contributed by atoms with Gasteiger partial charge in [0.25, 0.3) is 5.56 Å². The van der Waals surface area contributed by atoms with Gasteiger partial charge in [0.15, 0.2) is 5.82 Å². The van der Waals surface area contributed by atoms with Crippen molar-refractivity contribution >= 4 is 22.8 Å². The highest BCUT2D eigenvalue weighted by Gasteiger charge is 2.28. The van der Waals surface area contributed by atoms with E-state index in [2.05, 4.69) is 5.32 Å². The Labute approximate surface area is 203 Å². The highest BCUT2D eigenvalue weighted by atomic mass is 19.1. The third-order valence-electron chi connectivity index (χ3n) is 6.49. The lowest BCUT2D eigenvalue weighted by Crippen LogP contribution is -2.45. The molecule has 0 saturated carbocycles. The zero-order chi connectivity index (χ0) is 24.2. The molecule has 0 unspecified atom stereocenters. The smallest absolute Gasteiger partial charge is 0.294 e. The SMILES string of the molecule is O=C(NCc1ccc(F)cc1)[C@@H]1CCCN(c2nc3ccccc3n(Cc3ccccc3)c2=O)C1. The molecule has 7 heteroatoms. The zero-order valence-corrected chi connectivity index (χ0v) is 19.4. The number of para-hydroxylation sites is 2. The summed E-state index contributed by atoms with van der Waals surface area (Å²) >= 11 is 0. The molecule has 1 fully saturated rings. The number of anilines is 1. The number of benzene rings is 3. The quantitative estimate of drug-likeness (QED) is 0.461. The van der Waals surface area contributed by atoms with Crippen molar-refractivity contribution in [3.63, 3.8) is 0 Å². The topological polar surface area (TPSA) is 67.2 Å². The number of piperidine rings is 1. The zero-order valence-electron chi connectivity index (χ0n) is 19.4. The van der Waals surface area contributed by atoms with E-state index in [-0.39, 0.29) is 23.2 Å². The molecule has 0 spiro atoms. The van der Waals surface area contributed by atoms with Gasteiger partial charge in [-0.05, 0) is 48.2 Å². The molecule has 1 aliphatic rings. The summed E-state index contributed by atoms with van der Waals surface area (Å²) in [6, 6.07) is 23.6. The third-order valence-corrected chi connectivity index (χ3v) is 6.49. The van der Waals surface area contributed by atoms with Crippen molar-refractivity contribution in [1.82, 2.24) is 14.9 Å². The number of fused-ring (bicyclic) bond motifs is 1. The van der Waals surface area contributed by atoms with E-state index in [1.165, 1.54) is 12.1 Å². The van der Waals surface area contributed by atoms with Crippen LogP contribution in [0.3, 0.4) is 0 Å². The summed E-state index contributed by atoms with van der Waals surface area (Å²) in [4.78, 5) is 33.2. The number of aromatic nitrogens is 2. The van der Waals surface area contributed by atoms with Gasteiger partial charge in [0, 0.05) is 19.6 Å². The second kappa shape index (κ2) is 10.1. The molecule has 1 aliphatic heterocycles. The predicted molar refractivity (Wildman–Crippen MR) is 135 cm³/mol. The van der Waals surface area contributed by atoms with Crippen molar-refractivity contribution in [3.8, 4) is 0 Å². The van der Waals surface area contributed by atoms with Gasteiger partial charge < -0.3 is 10.2 Å². The lowest BCUT2D eigenvalue weighted by molar-refractivity contribution is -0.125. The van der Waals surface area contributed by atoms with E-state index >= 15 is 0 Å². The average Bonchev–Trinajstić information content (AvgIpc) is 2.90. The predicted octanol–water partition coefficient (Wildman–Crippen LogP) is 4.12. The Balaban J connectivity index is 1.38. The summed E-state index contributed by atoms with van der Waals surface area (Å²) in [6.45, 7) is 1.90. The number of carbonyl (C=O) groups is 1. The first-order chi connectivity index (χ1) is 17.1. The molecule has 1 N–H and O–H groups in total. The summed E-state index contributed by atoms with van der Waals surface area (Å²) in [5, 5.41) is 2.96. The van der Waals surface area contributed by atoms with E-state index in [9.17, 15) is 14.0 Å². The molecule has 1 saturated heterocycles. The highest BCUT2D eigenvalue weighted by Crippen LogP contribution is 2.22. The molecule has 1 aromatic heterocycles. The van der Waals surface area contributed by atoms with Crippen LogP contribution in [0.15, 0.2) is 83.7 Å². The lowest BCUT2D eigenvalue weighted by Gasteiger charge is -2.32. The molecule has 0 radical (unpaired) electrons. The van der Waals surface area contributed by atoms with Gasteiger partial charge >= 0.3 is 0 Å². The highest BCUT2D eigenvalue weighted by molar-refractivity contribution is 5.80. The van der Waals surface area contributed by atoms with Gasteiger partial charge in [0.2, 0.25) is 5.91 Å². The minimum absolute atomic E-state index is 0.0653. The van der Waals surface area contributed by atoms with Crippen LogP contribution in [0.5, 0.6) is 0 Å². The van der Waals surface area contributed by atoms with Crippen molar-refractivity contribution in [2.75, 3.05) is 18.0 Å². The monoisotopic (exact) mass is 470 g/mol. The molecule has 5 rings (SSSR count). The normalized spacial score (nSPS) is 15.8. The Bertz CT molecular complexity index is 1390. The molecule has 1 atom stereocenters. The molecule has 178 valence electrons. The third kappa shape index (κ3) is 5.09. The van der Waals surface area contributed by atoms with Crippen LogP contribution < -0.4 is 15.8 Å². The Morgan fingerprint density at radius 1 is 0.971 bits per heavy atom. The van der Waals surface area contributed by atoms with Crippen molar-refractivity contribution in [2.24, 2.45) is 5.92 Å².